The second kappa shape index (κ2) is 4.72. The fourth-order valence-corrected chi connectivity index (χ4v) is 1.91. The molecule has 2 rings (SSSR count). The molecule has 1 aromatic rings. The number of nitrogen functional groups attached to an aromatic ring is 1. The third-order valence-electron chi connectivity index (χ3n) is 2.94. The predicted molar refractivity (Wildman–Crippen MR) is 64.7 cm³/mol. The summed E-state index contributed by atoms with van der Waals surface area (Å²) in [6.45, 7) is 2.56. The average molecular weight is 239 g/mol. The van der Waals surface area contributed by atoms with Crippen LogP contribution < -0.4 is 22.3 Å². The minimum atomic E-state index is -0.358. The summed E-state index contributed by atoms with van der Waals surface area (Å²) >= 11 is 0. The molecule has 0 aromatic carbocycles. The molecule has 0 bridgehead atoms. The lowest BCUT2D eigenvalue weighted by Gasteiger charge is -2.42. The van der Waals surface area contributed by atoms with Crippen LogP contribution in [0, 0.1) is 0 Å². The minimum absolute atomic E-state index is 0.00737. The zero-order valence-corrected chi connectivity index (χ0v) is 9.64. The van der Waals surface area contributed by atoms with Crippen molar-refractivity contribution in [3.63, 3.8) is 0 Å². The molecule has 94 valence electrons. The number of H-pyrrole nitrogens is 1. The van der Waals surface area contributed by atoms with Crippen LogP contribution in [-0.2, 0) is 4.74 Å². The minimum Gasteiger partial charge on any atom is -0.391 e. The molecule has 7 nitrogen and oxygen atoms in total. The Labute approximate surface area is 98.6 Å². The molecule has 7 heteroatoms. The smallest absolute Gasteiger partial charge is 0.276 e. The van der Waals surface area contributed by atoms with E-state index in [4.69, 9.17) is 16.2 Å². The van der Waals surface area contributed by atoms with Gasteiger partial charge in [0.2, 0.25) is 0 Å². The fourth-order valence-electron chi connectivity index (χ4n) is 1.91. The Bertz CT molecular complexity index is 445. The fraction of sp³-hybridized carbons (Fsp3) is 0.600. The van der Waals surface area contributed by atoms with Gasteiger partial charge in [-0.3, -0.25) is 4.79 Å². The Morgan fingerprint density at radius 3 is 3.12 bits per heavy atom. The lowest BCUT2D eigenvalue weighted by molar-refractivity contribution is -0.0127. The van der Waals surface area contributed by atoms with Crippen LogP contribution in [0.1, 0.15) is 13.3 Å². The molecule has 6 N–H and O–H groups in total. The highest BCUT2D eigenvalue weighted by molar-refractivity contribution is 5.60. The molecular formula is C10H17N5O2. The van der Waals surface area contributed by atoms with Gasteiger partial charge in [0.05, 0.1) is 18.5 Å². The Morgan fingerprint density at radius 2 is 2.47 bits per heavy atom. The first-order valence-corrected chi connectivity index (χ1v) is 5.60. The van der Waals surface area contributed by atoms with Crippen molar-refractivity contribution in [2.24, 2.45) is 5.73 Å². The molecule has 3 unspecified atom stereocenters. The molecular weight excluding hydrogens is 222 g/mol. The van der Waals surface area contributed by atoms with Crippen LogP contribution in [0.5, 0.6) is 0 Å². The third kappa shape index (κ3) is 2.25. The van der Waals surface area contributed by atoms with Gasteiger partial charge in [-0.25, -0.2) is 4.98 Å². The van der Waals surface area contributed by atoms with Crippen molar-refractivity contribution in [1.29, 1.82) is 0 Å². The van der Waals surface area contributed by atoms with Crippen LogP contribution in [0.15, 0.2) is 11.1 Å². The van der Waals surface area contributed by atoms with Gasteiger partial charge in [0.1, 0.15) is 5.69 Å². The van der Waals surface area contributed by atoms with Gasteiger partial charge in [-0.15, -0.1) is 0 Å². The van der Waals surface area contributed by atoms with Crippen molar-refractivity contribution in [1.82, 2.24) is 9.97 Å². The molecule has 1 aliphatic carbocycles. The van der Waals surface area contributed by atoms with Crippen LogP contribution >= 0.6 is 0 Å². The van der Waals surface area contributed by atoms with Crippen LogP contribution in [0.25, 0.3) is 0 Å². The monoisotopic (exact) mass is 239 g/mol. The molecule has 0 aliphatic heterocycles. The van der Waals surface area contributed by atoms with Crippen LogP contribution in [0.3, 0.4) is 0 Å². The van der Waals surface area contributed by atoms with E-state index in [9.17, 15) is 4.79 Å². The van der Waals surface area contributed by atoms with Crippen molar-refractivity contribution >= 4 is 11.5 Å². The summed E-state index contributed by atoms with van der Waals surface area (Å²) in [5.74, 6) is 0.360. The molecule has 0 amide bonds. The number of hydrogen-bond donors (Lipinski definition) is 4. The Morgan fingerprint density at radius 1 is 1.71 bits per heavy atom. The van der Waals surface area contributed by atoms with Crippen LogP contribution in [-0.4, -0.2) is 34.8 Å². The maximum atomic E-state index is 11.3. The first-order chi connectivity index (χ1) is 8.13. The molecule has 17 heavy (non-hydrogen) atoms. The lowest BCUT2D eigenvalue weighted by Crippen LogP contribution is -2.60. The maximum absolute atomic E-state index is 11.3. The average Bonchev–Trinajstić information content (AvgIpc) is 2.31. The first-order valence-electron chi connectivity index (χ1n) is 5.60. The van der Waals surface area contributed by atoms with Crippen molar-refractivity contribution < 1.29 is 4.74 Å². The van der Waals surface area contributed by atoms with Gasteiger partial charge < -0.3 is 26.5 Å². The number of nitrogens with one attached hydrogen (secondary N) is 2. The Balaban J connectivity index is 2.09. The number of ether oxygens (including phenoxy) is 1. The van der Waals surface area contributed by atoms with Crippen molar-refractivity contribution in [2.75, 3.05) is 17.7 Å². The number of rotatable bonds is 4. The van der Waals surface area contributed by atoms with E-state index in [0.717, 1.165) is 6.42 Å². The summed E-state index contributed by atoms with van der Waals surface area (Å²) in [6, 6.07) is -0.0569. The standard InChI is InChI=1S/C10H17N5O2/c1-2-17-6-3-5(11)8(6)15-9-7(12)10(16)14-4-13-9/h4-6,8H,2-3,11-12H2,1H3,(H2,13,14,15,16). The zero-order chi connectivity index (χ0) is 12.4. The van der Waals surface area contributed by atoms with E-state index in [1.54, 1.807) is 0 Å². The van der Waals surface area contributed by atoms with Gasteiger partial charge in [-0.1, -0.05) is 0 Å². The number of aromatic amines is 1. The SMILES string of the molecule is CCOC1CC(N)C1Nc1nc[nH]c(=O)c1N. The summed E-state index contributed by atoms with van der Waals surface area (Å²) in [5.41, 5.74) is 11.2. The van der Waals surface area contributed by atoms with Crippen LogP contribution in [0.4, 0.5) is 11.5 Å². The van der Waals surface area contributed by atoms with E-state index in [1.165, 1.54) is 6.33 Å². The molecule has 0 spiro atoms. The van der Waals surface area contributed by atoms with E-state index >= 15 is 0 Å². The molecule has 0 saturated heterocycles. The van der Waals surface area contributed by atoms with Crippen molar-refractivity contribution in [2.45, 2.75) is 31.5 Å². The highest BCUT2D eigenvalue weighted by Gasteiger charge is 2.39. The molecule has 3 atom stereocenters. The van der Waals surface area contributed by atoms with E-state index in [2.05, 4.69) is 15.3 Å². The summed E-state index contributed by atoms with van der Waals surface area (Å²) < 4.78 is 5.51. The molecule has 1 heterocycles. The van der Waals surface area contributed by atoms with Gasteiger partial charge in [0.15, 0.2) is 5.82 Å². The summed E-state index contributed by atoms with van der Waals surface area (Å²) in [5, 5.41) is 3.07. The highest BCUT2D eigenvalue weighted by Crippen LogP contribution is 2.26. The van der Waals surface area contributed by atoms with Gasteiger partial charge in [0.25, 0.3) is 5.56 Å². The van der Waals surface area contributed by atoms with Crippen LogP contribution in [0.2, 0.25) is 0 Å². The quantitative estimate of drug-likeness (QED) is 0.550. The largest absolute Gasteiger partial charge is 0.391 e. The molecule has 1 fully saturated rings. The van der Waals surface area contributed by atoms with Gasteiger partial charge in [-0.05, 0) is 13.3 Å². The number of aromatic nitrogens is 2. The molecule has 1 aromatic heterocycles. The van der Waals surface area contributed by atoms with E-state index in [1.807, 2.05) is 6.92 Å². The number of hydrogen-bond acceptors (Lipinski definition) is 6. The third-order valence-corrected chi connectivity index (χ3v) is 2.94. The summed E-state index contributed by atoms with van der Waals surface area (Å²) in [7, 11) is 0. The molecule has 1 aliphatic rings. The maximum Gasteiger partial charge on any atom is 0.276 e. The van der Waals surface area contributed by atoms with Gasteiger partial charge in [-0.2, -0.15) is 0 Å². The summed E-state index contributed by atoms with van der Waals surface area (Å²) in [6.07, 6.45) is 2.16. The highest BCUT2D eigenvalue weighted by atomic mass is 16.5. The zero-order valence-electron chi connectivity index (χ0n) is 9.64. The van der Waals surface area contributed by atoms with E-state index < -0.39 is 0 Å². The molecule has 1 saturated carbocycles. The number of nitrogens with zero attached hydrogens (tertiary/aromatic N) is 1. The summed E-state index contributed by atoms with van der Waals surface area (Å²) in [4.78, 5) is 17.7. The Hall–Kier alpha value is -1.60. The van der Waals surface area contributed by atoms with Gasteiger partial charge >= 0.3 is 0 Å². The second-order valence-corrected chi connectivity index (χ2v) is 4.06. The normalized spacial score (nSPS) is 27.5. The first kappa shape index (κ1) is 11.9. The Kier molecular flexibility index (Phi) is 3.30. The number of nitrogens with two attached hydrogens (primary N) is 2. The lowest BCUT2D eigenvalue weighted by atomic mass is 9.83. The predicted octanol–water partition coefficient (Wildman–Crippen LogP) is -0.731. The van der Waals surface area contributed by atoms with Crippen molar-refractivity contribution in [3.8, 4) is 0 Å². The van der Waals surface area contributed by atoms with Crippen molar-refractivity contribution in [3.05, 3.63) is 16.7 Å². The molecule has 0 radical (unpaired) electrons. The topological polar surface area (TPSA) is 119 Å². The second-order valence-electron chi connectivity index (χ2n) is 4.06. The number of anilines is 2. The van der Waals surface area contributed by atoms with E-state index in [0.29, 0.717) is 12.4 Å². The van der Waals surface area contributed by atoms with E-state index in [-0.39, 0.29) is 29.4 Å². The van der Waals surface area contributed by atoms with Gasteiger partial charge in [0, 0.05) is 12.6 Å².